The normalized spacial score (nSPS) is 42.5. The molecule has 1 aromatic rings. The summed E-state index contributed by atoms with van der Waals surface area (Å²) in [5.74, 6) is -4.29. The molecule has 0 saturated heterocycles. The number of carbonyl (C=O) groups is 4. The van der Waals surface area contributed by atoms with Gasteiger partial charge in [0.15, 0.2) is 22.8 Å². The Morgan fingerprint density at radius 2 is 2.00 bits per heavy atom. The standard InChI is InChI=1S/C27H28F2O7S/c1-14-9-16-17-11-19(31)18-10-15(30)6-7-24(18,2)26(17,29)21(32)12-25(16,3)27(14,23(34)37-13-28)36-22(33)20-5-4-8-35-20/h4-8,10,14,16-17,21,32H,9,11-13H2,1-3H3. The lowest BCUT2D eigenvalue weighted by Crippen LogP contribution is -2.70. The van der Waals surface area contributed by atoms with E-state index < -0.39 is 74.6 Å². The van der Waals surface area contributed by atoms with Crippen LogP contribution in [-0.4, -0.2) is 51.1 Å². The first-order chi connectivity index (χ1) is 17.4. The van der Waals surface area contributed by atoms with E-state index in [0.717, 1.165) is 6.08 Å². The SMILES string of the molecule is CC1CC2C3CC(=O)C4=CC(=O)C=CC4(C)C3(F)C(O)CC2(C)C1(OC(=O)c1ccco1)C(=O)SCF. The summed E-state index contributed by atoms with van der Waals surface area (Å²) in [6.45, 7) is 4.83. The molecule has 5 rings (SSSR count). The van der Waals surface area contributed by atoms with E-state index >= 15 is 4.39 Å². The van der Waals surface area contributed by atoms with Crippen molar-refractivity contribution < 1.29 is 42.2 Å². The molecule has 4 aliphatic rings. The molecule has 0 spiro atoms. The number of rotatable bonds is 4. The number of aliphatic hydroxyl groups excluding tert-OH is 1. The van der Waals surface area contributed by atoms with Crippen molar-refractivity contribution in [3.63, 3.8) is 0 Å². The lowest BCUT2D eigenvalue weighted by molar-refractivity contribution is -0.215. The summed E-state index contributed by atoms with van der Waals surface area (Å²) in [4.78, 5) is 52.0. The van der Waals surface area contributed by atoms with Crippen molar-refractivity contribution in [3.8, 4) is 0 Å². The molecule has 198 valence electrons. The van der Waals surface area contributed by atoms with Crippen LogP contribution >= 0.6 is 11.8 Å². The third kappa shape index (κ3) is 3.21. The number of allylic oxidation sites excluding steroid dienone is 4. The molecule has 0 bridgehead atoms. The molecule has 37 heavy (non-hydrogen) atoms. The third-order valence-corrected chi connectivity index (χ3v) is 10.2. The average molecular weight is 535 g/mol. The van der Waals surface area contributed by atoms with Gasteiger partial charge < -0.3 is 14.3 Å². The molecule has 1 aromatic heterocycles. The topological polar surface area (TPSA) is 111 Å². The first-order valence-corrected chi connectivity index (χ1v) is 13.2. The molecule has 0 aromatic carbocycles. The van der Waals surface area contributed by atoms with E-state index in [2.05, 4.69) is 0 Å². The molecular weight excluding hydrogens is 506 g/mol. The van der Waals surface area contributed by atoms with Gasteiger partial charge in [-0.25, -0.2) is 13.6 Å². The number of alkyl halides is 2. The van der Waals surface area contributed by atoms with Crippen LogP contribution in [0.25, 0.3) is 0 Å². The van der Waals surface area contributed by atoms with Crippen molar-refractivity contribution in [3.05, 3.63) is 48.0 Å². The van der Waals surface area contributed by atoms with Gasteiger partial charge in [-0.3, -0.25) is 14.4 Å². The van der Waals surface area contributed by atoms with Crippen molar-refractivity contribution in [2.24, 2.45) is 28.6 Å². The van der Waals surface area contributed by atoms with Crippen LogP contribution in [0.5, 0.6) is 0 Å². The highest BCUT2D eigenvalue weighted by atomic mass is 32.2. The summed E-state index contributed by atoms with van der Waals surface area (Å²) in [6, 6.07) is 1.79. The number of ether oxygens (including phenoxy) is 1. The average Bonchev–Trinajstić information content (AvgIpc) is 3.45. The lowest BCUT2D eigenvalue weighted by atomic mass is 9.44. The van der Waals surface area contributed by atoms with Gasteiger partial charge in [0, 0.05) is 29.2 Å². The largest absolute Gasteiger partial charge is 0.457 e. The number of esters is 1. The molecule has 3 fully saturated rings. The molecule has 4 aliphatic carbocycles. The van der Waals surface area contributed by atoms with E-state index in [1.54, 1.807) is 13.8 Å². The number of hydrogen-bond donors (Lipinski definition) is 1. The third-order valence-electron chi connectivity index (χ3n) is 9.49. The Balaban J connectivity index is 1.64. The molecule has 0 radical (unpaired) electrons. The fraction of sp³-hybridized carbons (Fsp3) is 0.556. The Kier molecular flexibility index (Phi) is 5.95. The van der Waals surface area contributed by atoms with E-state index in [1.165, 1.54) is 37.5 Å². The zero-order chi connectivity index (χ0) is 27.0. The van der Waals surface area contributed by atoms with Crippen LogP contribution < -0.4 is 0 Å². The maximum atomic E-state index is 17.4. The summed E-state index contributed by atoms with van der Waals surface area (Å²) in [5.41, 5.74) is -7.09. The van der Waals surface area contributed by atoms with Crippen LogP contribution in [0.2, 0.25) is 0 Å². The van der Waals surface area contributed by atoms with Crippen LogP contribution in [0, 0.1) is 28.6 Å². The Morgan fingerprint density at radius 1 is 1.27 bits per heavy atom. The molecule has 7 nitrogen and oxygen atoms in total. The number of halogens is 2. The van der Waals surface area contributed by atoms with Gasteiger partial charge in [-0.2, -0.15) is 0 Å². The molecule has 1 N–H and O–H groups in total. The Hall–Kier alpha value is -2.59. The predicted molar refractivity (Wildman–Crippen MR) is 129 cm³/mol. The van der Waals surface area contributed by atoms with Crippen LogP contribution in [0.3, 0.4) is 0 Å². The number of hydrogen-bond acceptors (Lipinski definition) is 8. The van der Waals surface area contributed by atoms with Crippen LogP contribution in [0.4, 0.5) is 8.78 Å². The molecular formula is C27H28F2O7S. The van der Waals surface area contributed by atoms with E-state index in [4.69, 9.17) is 9.15 Å². The van der Waals surface area contributed by atoms with Gasteiger partial charge in [0.1, 0.15) is 6.01 Å². The quantitative estimate of drug-likeness (QED) is 0.574. The summed E-state index contributed by atoms with van der Waals surface area (Å²) in [6.07, 6.45) is 2.93. The Labute approximate surface area is 216 Å². The summed E-state index contributed by atoms with van der Waals surface area (Å²) >= 11 is 0.359. The minimum Gasteiger partial charge on any atom is -0.457 e. The first-order valence-electron chi connectivity index (χ1n) is 12.2. The van der Waals surface area contributed by atoms with Crippen LogP contribution in [-0.2, 0) is 19.1 Å². The monoisotopic (exact) mass is 534 g/mol. The van der Waals surface area contributed by atoms with Gasteiger partial charge in [-0.05, 0) is 61.7 Å². The molecule has 0 aliphatic heterocycles. The number of ketones is 2. The Bertz CT molecular complexity index is 1240. The first kappa shape index (κ1) is 26.0. The van der Waals surface area contributed by atoms with Crippen molar-refractivity contribution in [2.45, 2.75) is 57.4 Å². The number of carbonyl (C=O) groups excluding carboxylic acids is 4. The molecule has 1 heterocycles. The van der Waals surface area contributed by atoms with Crippen molar-refractivity contribution in [1.29, 1.82) is 0 Å². The minimum atomic E-state index is -2.33. The fourth-order valence-electron chi connectivity index (χ4n) is 7.80. The second kappa shape index (κ2) is 8.46. The number of aliphatic hydroxyl groups is 1. The van der Waals surface area contributed by atoms with E-state index in [-0.39, 0.29) is 30.6 Å². The summed E-state index contributed by atoms with van der Waals surface area (Å²) < 4.78 is 41.9. The van der Waals surface area contributed by atoms with Crippen molar-refractivity contribution >= 4 is 34.4 Å². The second-order valence-corrected chi connectivity index (χ2v) is 11.9. The number of thioether (sulfide) groups is 1. The molecule has 8 atom stereocenters. The zero-order valence-corrected chi connectivity index (χ0v) is 21.5. The second-order valence-electron chi connectivity index (χ2n) is 11.0. The van der Waals surface area contributed by atoms with Crippen LogP contribution in [0.15, 0.2) is 46.6 Å². The molecule has 10 heteroatoms. The zero-order valence-electron chi connectivity index (χ0n) is 20.7. The van der Waals surface area contributed by atoms with Crippen molar-refractivity contribution in [2.75, 3.05) is 6.01 Å². The maximum absolute atomic E-state index is 17.4. The number of fused-ring (bicyclic) bond motifs is 5. The van der Waals surface area contributed by atoms with Crippen LogP contribution in [0.1, 0.15) is 50.6 Å². The summed E-state index contributed by atoms with van der Waals surface area (Å²) in [7, 11) is 0. The lowest BCUT2D eigenvalue weighted by Gasteiger charge is -2.62. The smallest absolute Gasteiger partial charge is 0.375 e. The van der Waals surface area contributed by atoms with Gasteiger partial charge in [0.05, 0.1) is 17.8 Å². The van der Waals surface area contributed by atoms with Gasteiger partial charge >= 0.3 is 5.97 Å². The van der Waals surface area contributed by atoms with Gasteiger partial charge in [-0.1, -0.05) is 19.9 Å². The fourth-order valence-corrected chi connectivity index (χ4v) is 8.59. The van der Waals surface area contributed by atoms with E-state index in [0.29, 0.717) is 11.8 Å². The minimum absolute atomic E-state index is 0.0204. The highest BCUT2D eigenvalue weighted by Gasteiger charge is 2.78. The number of Topliss-reactive ketones (excluding diaryl/α,β-unsaturated/α-hetero) is 1. The molecule has 0 amide bonds. The van der Waals surface area contributed by atoms with Gasteiger partial charge in [0.25, 0.3) is 0 Å². The highest BCUT2D eigenvalue weighted by Crippen LogP contribution is 2.71. The molecule has 8 unspecified atom stereocenters. The Morgan fingerprint density at radius 3 is 2.65 bits per heavy atom. The molecule has 3 saturated carbocycles. The van der Waals surface area contributed by atoms with E-state index in [9.17, 15) is 28.7 Å². The maximum Gasteiger partial charge on any atom is 0.375 e. The predicted octanol–water partition coefficient (Wildman–Crippen LogP) is 4.16. The highest BCUT2D eigenvalue weighted by molar-refractivity contribution is 8.13. The van der Waals surface area contributed by atoms with Crippen molar-refractivity contribution in [1.82, 2.24) is 0 Å². The van der Waals surface area contributed by atoms with Gasteiger partial charge in [0.2, 0.25) is 10.9 Å². The number of furan rings is 1. The van der Waals surface area contributed by atoms with Gasteiger partial charge in [-0.15, -0.1) is 0 Å². The van der Waals surface area contributed by atoms with E-state index in [1.807, 2.05) is 0 Å². The summed E-state index contributed by atoms with van der Waals surface area (Å²) in [5, 5.41) is 10.8.